The van der Waals surface area contributed by atoms with Crippen molar-refractivity contribution in [3.05, 3.63) is 24.3 Å². The Morgan fingerprint density at radius 2 is 1.68 bits per heavy atom. The molecular weight excluding hydrogens is 246 g/mol. The van der Waals surface area contributed by atoms with Gasteiger partial charge < -0.3 is 24.6 Å². The molecule has 1 aromatic carbocycles. The molecule has 0 aliphatic carbocycles. The van der Waals surface area contributed by atoms with E-state index < -0.39 is 0 Å². The molecule has 0 aromatic heterocycles. The summed E-state index contributed by atoms with van der Waals surface area (Å²) in [5.74, 6) is 1.54. The Balaban J connectivity index is 2.12. The van der Waals surface area contributed by atoms with Gasteiger partial charge in [0.05, 0.1) is 26.4 Å². The van der Waals surface area contributed by atoms with Crippen molar-refractivity contribution >= 4 is 0 Å². The van der Waals surface area contributed by atoms with Gasteiger partial charge in [0.15, 0.2) is 11.5 Å². The summed E-state index contributed by atoms with van der Waals surface area (Å²) in [6.45, 7) is 5.68. The minimum absolute atomic E-state index is 0.0668. The summed E-state index contributed by atoms with van der Waals surface area (Å²) >= 11 is 0. The number of para-hydroxylation sites is 2. The number of aliphatic hydroxyl groups excluding tert-OH is 1. The minimum Gasteiger partial charge on any atom is -0.490 e. The zero-order valence-corrected chi connectivity index (χ0v) is 11.4. The topological polar surface area (TPSA) is 60.0 Å². The lowest BCUT2D eigenvalue weighted by molar-refractivity contribution is 0.0935. The second-order valence-corrected chi connectivity index (χ2v) is 3.81. The molecule has 0 atom stereocenters. The molecule has 19 heavy (non-hydrogen) atoms. The number of ether oxygens (including phenoxy) is 3. The predicted octanol–water partition coefficient (Wildman–Crippen LogP) is 1.06. The van der Waals surface area contributed by atoms with Crippen LogP contribution in [0.25, 0.3) is 0 Å². The van der Waals surface area contributed by atoms with Gasteiger partial charge in [-0.15, -0.1) is 0 Å². The highest BCUT2D eigenvalue weighted by Crippen LogP contribution is 2.25. The first kappa shape index (κ1) is 15.8. The van der Waals surface area contributed by atoms with Gasteiger partial charge in [0.1, 0.15) is 6.61 Å². The van der Waals surface area contributed by atoms with Crippen molar-refractivity contribution in [1.82, 2.24) is 5.32 Å². The highest BCUT2D eigenvalue weighted by molar-refractivity contribution is 5.39. The van der Waals surface area contributed by atoms with Gasteiger partial charge in [-0.3, -0.25) is 0 Å². The van der Waals surface area contributed by atoms with Gasteiger partial charge in [-0.1, -0.05) is 12.1 Å². The van der Waals surface area contributed by atoms with E-state index in [0.717, 1.165) is 24.6 Å². The minimum atomic E-state index is 0.0668. The molecule has 0 aliphatic rings. The lowest BCUT2D eigenvalue weighted by Crippen LogP contribution is -2.25. The average molecular weight is 269 g/mol. The quantitative estimate of drug-likeness (QED) is 0.588. The Labute approximate surface area is 114 Å². The van der Waals surface area contributed by atoms with E-state index in [2.05, 4.69) is 5.32 Å². The van der Waals surface area contributed by atoms with Crippen LogP contribution in [0.1, 0.15) is 6.92 Å². The molecule has 0 bridgehead atoms. The van der Waals surface area contributed by atoms with Crippen LogP contribution in [0.15, 0.2) is 24.3 Å². The van der Waals surface area contributed by atoms with Crippen LogP contribution in [0.2, 0.25) is 0 Å². The Kier molecular flexibility index (Phi) is 8.80. The Bertz CT molecular complexity index is 333. The molecule has 0 aliphatic heterocycles. The fraction of sp³-hybridized carbons (Fsp3) is 0.571. The van der Waals surface area contributed by atoms with Crippen LogP contribution in [0, 0.1) is 0 Å². The van der Waals surface area contributed by atoms with Gasteiger partial charge in [0.25, 0.3) is 0 Å². The monoisotopic (exact) mass is 269 g/mol. The summed E-state index contributed by atoms with van der Waals surface area (Å²) in [5, 5.41) is 11.7. The molecule has 1 aromatic rings. The number of nitrogens with one attached hydrogen (secondary N) is 1. The molecule has 108 valence electrons. The first-order valence-electron chi connectivity index (χ1n) is 6.62. The van der Waals surface area contributed by atoms with E-state index in [1.165, 1.54) is 0 Å². The Morgan fingerprint density at radius 1 is 1.00 bits per heavy atom. The third-order valence-electron chi connectivity index (χ3n) is 2.34. The molecule has 5 nitrogen and oxygen atoms in total. The maximum absolute atomic E-state index is 8.53. The molecule has 1 rings (SSSR count). The van der Waals surface area contributed by atoms with E-state index in [0.29, 0.717) is 26.4 Å². The van der Waals surface area contributed by atoms with Crippen molar-refractivity contribution in [3.63, 3.8) is 0 Å². The smallest absolute Gasteiger partial charge is 0.161 e. The number of hydrogen-bond donors (Lipinski definition) is 2. The number of hydrogen-bond acceptors (Lipinski definition) is 5. The summed E-state index contributed by atoms with van der Waals surface area (Å²) < 4.78 is 16.2. The van der Waals surface area contributed by atoms with Crippen LogP contribution in [0.3, 0.4) is 0 Å². The normalized spacial score (nSPS) is 10.4. The average Bonchev–Trinajstić information content (AvgIpc) is 2.44. The molecule has 0 amide bonds. The van der Waals surface area contributed by atoms with Gasteiger partial charge >= 0.3 is 0 Å². The van der Waals surface area contributed by atoms with Crippen LogP contribution < -0.4 is 14.8 Å². The SMILES string of the molecule is CCOc1ccccc1OCCNCCOCCO. The molecule has 0 spiro atoms. The Hall–Kier alpha value is -1.30. The van der Waals surface area contributed by atoms with Crippen molar-refractivity contribution in [2.75, 3.05) is 46.1 Å². The van der Waals surface area contributed by atoms with Crippen molar-refractivity contribution in [2.45, 2.75) is 6.92 Å². The van der Waals surface area contributed by atoms with Crippen LogP contribution in [-0.2, 0) is 4.74 Å². The van der Waals surface area contributed by atoms with Crippen LogP contribution in [-0.4, -0.2) is 51.2 Å². The molecular formula is C14H23NO4. The van der Waals surface area contributed by atoms with Crippen molar-refractivity contribution < 1.29 is 19.3 Å². The highest BCUT2D eigenvalue weighted by Gasteiger charge is 2.02. The molecule has 0 unspecified atom stereocenters. The van der Waals surface area contributed by atoms with Crippen molar-refractivity contribution in [3.8, 4) is 11.5 Å². The third kappa shape index (κ3) is 7.00. The second kappa shape index (κ2) is 10.6. The summed E-state index contributed by atoms with van der Waals surface area (Å²) in [6.07, 6.45) is 0. The van der Waals surface area contributed by atoms with E-state index in [1.54, 1.807) is 0 Å². The fourth-order valence-electron chi connectivity index (χ4n) is 1.51. The van der Waals surface area contributed by atoms with Crippen molar-refractivity contribution in [1.29, 1.82) is 0 Å². The lowest BCUT2D eigenvalue weighted by atomic mass is 10.3. The molecule has 0 saturated heterocycles. The summed E-state index contributed by atoms with van der Waals surface area (Å²) in [7, 11) is 0. The first-order chi connectivity index (χ1) is 9.38. The highest BCUT2D eigenvalue weighted by atomic mass is 16.5. The molecule has 2 N–H and O–H groups in total. The molecule has 5 heteroatoms. The predicted molar refractivity (Wildman–Crippen MR) is 73.9 cm³/mol. The summed E-state index contributed by atoms with van der Waals surface area (Å²) in [4.78, 5) is 0. The lowest BCUT2D eigenvalue weighted by Gasteiger charge is -2.11. The summed E-state index contributed by atoms with van der Waals surface area (Å²) in [6, 6.07) is 7.65. The van der Waals surface area contributed by atoms with E-state index in [9.17, 15) is 0 Å². The van der Waals surface area contributed by atoms with Crippen LogP contribution >= 0.6 is 0 Å². The van der Waals surface area contributed by atoms with E-state index >= 15 is 0 Å². The standard InChI is InChI=1S/C14H23NO4/c1-2-18-13-5-3-4-6-14(13)19-11-8-15-7-10-17-12-9-16/h3-6,15-16H,2,7-12H2,1H3. The number of aliphatic hydroxyl groups is 1. The molecule has 0 fully saturated rings. The van der Waals surface area contributed by atoms with Gasteiger partial charge in [-0.25, -0.2) is 0 Å². The largest absolute Gasteiger partial charge is 0.490 e. The van der Waals surface area contributed by atoms with E-state index in [-0.39, 0.29) is 6.61 Å². The van der Waals surface area contributed by atoms with E-state index in [1.807, 2.05) is 31.2 Å². The fourth-order valence-corrected chi connectivity index (χ4v) is 1.51. The van der Waals surface area contributed by atoms with Crippen LogP contribution in [0.4, 0.5) is 0 Å². The molecule has 0 saturated carbocycles. The van der Waals surface area contributed by atoms with E-state index in [4.69, 9.17) is 19.3 Å². The zero-order chi connectivity index (χ0) is 13.8. The maximum Gasteiger partial charge on any atom is 0.161 e. The second-order valence-electron chi connectivity index (χ2n) is 3.81. The number of rotatable bonds is 11. The molecule has 0 heterocycles. The first-order valence-corrected chi connectivity index (χ1v) is 6.62. The van der Waals surface area contributed by atoms with Gasteiger partial charge in [0, 0.05) is 13.1 Å². The van der Waals surface area contributed by atoms with Gasteiger partial charge in [0.2, 0.25) is 0 Å². The third-order valence-corrected chi connectivity index (χ3v) is 2.34. The van der Waals surface area contributed by atoms with Gasteiger partial charge in [-0.2, -0.15) is 0 Å². The zero-order valence-electron chi connectivity index (χ0n) is 11.4. The number of benzene rings is 1. The van der Waals surface area contributed by atoms with Crippen molar-refractivity contribution in [2.24, 2.45) is 0 Å². The summed E-state index contributed by atoms with van der Waals surface area (Å²) in [5.41, 5.74) is 0. The van der Waals surface area contributed by atoms with Gasteiger partial charge in [-0.05, 0) is 19.1 Å². The van der Waals surface area contributed by atoms with Crippen LogP contribution in [0.5, 0.6) is 11.5 Å². The maximum atomic E-state index is 8.53. The molecule has 0 radical (unpaired) electrons. The Morgan fingerprint density at radius 3 is 2.37 bits per heavy atom.